The van der Waals surface area contributed by atoms with Crippen LogP contribution in [0.3, 0.4) is 0 Å². The van der Waals surface area contributed by atoms with E-state index < -0.39 is 6.10 Å². The number of aliphatic hydroxyl groups excluding tert-OH is 1. The van der Waals surface area contributed by atoms with Gasteiger partial charge in [0.1, 0.15) is 0 Å². The minimum absolute atomic E-state index is 0.0961. The first-order valence-corrected chi connectivity index (χ1v) is 9.21. The van der Waals surface area contributed by atoms with Gasteiger partial charge in [0.2, 0.25) is 5.91 Å². The largest absolute Gasteiger partial charge is 0.387 e. The Balaban J connectivity index is 1.52. The van der Waals surface area contributed by atoms with Crippen LogP contribution < -0.4 is 0 Å². The SMILES string of the molecule is O=C(Cc1cccc2ccccc12)N(CC(O)c1ccccc1)C1CC1. The maximum Gasteiger partial charge on any atom is 0.227 e. The predicted octanol–water partition coefficient (Wildman–Crippen LogP) is 4.11. The molecule has 0 aliphatic heterocycles. The van der Waals surface area contributed by atoms with E-state index in [0.29, 0.717) is 13.0 Å². The fourth-order valence-corrected chi connectivity index (χ4v) is 3.52. The summed E-state index contributed by atoms with van der Waals surface area (Å²) in [4.78, 5) is 14.9. The highest BCUT2D eigenvalue weighted by atomic mass is 16.3. The van der Waals surface area contributed by atoms with Gasteiger partial charge in [0, 0.05) is 6.04 Å². The molecule has 0 radical (unpaired) electrons. The molecule has 132 valence electrons. The molecule has 1 saturated carbocycles. The Kier molecular flexibility index (Phi) is 4.72. The maximum atomic E-state index is 13.0. The molecule has 3 aromatic carbocycles. The molecular weight excluding hydrogens is 322 g/mol. The first-order valence-electron chi connectivity index (χ1n) is 9.21. The minimum Gasteiger partial charge on any atom is -0.387 e. The Morgan fingerprint density at radius 2 is 1.65 bits per heavy atom. The molecule has 1 aliphatic rings. The third-order valence-corrected chi connectivity index (χ3v) is 5.08. The molecule has 1 aliphatic carbocycles. The summed E-state index contributed by atoms with van der Waals surface area (Å²) in [6, 6.07) is 24.1. The van der Waals surface area contributed by atoms with E-state index in [2.05, 4.69) is 18.2 Å². The Bertz CT molecular complexity index is 897. The van der Waals surface area contributed by atoms with Crippen molar-refractivity contribution in [2.45, 2.75) is 31.4 Å². The lowest BCUT2D eigenvalue weighted by atomic mass is 10.0. The second-order valence-corrected chi connectivity index (χ2v) is 7.02. The van der Waals surface area contributed by atoms with Gasteiger partial charge in [-0.15, -0.1) is 0 Å². The summed E-state index contributed by atoms with van der Waals surface area (Å²) in [7, 11) is 0. The average molecular weight is 345 g/mol. The van der Waals surface area contributed by atoms with Gasteiger partial charge < -0.3 is 10.0 Å². The molecule has 1 unspecified atom stereocenters. The maximum absolute atomic E-state index is 13.0. The van der Waals surface area contributed by atoms with Crippen molar-refractivity contribution in [2.24, 2.45) is 0 Å². The number of aliphatic hydroxyl groups is 1. The van der Waals surface area contributed by atoms with Gasteiger partial charge in [-0.1, -0.05) is 72.8 Å². The lowest BCUT2D eigenvalue weighted by Crippen LogP contribution is -2.37. The smallest absolute Gasteiger partial charge is 0.227 e. The molecule has 0 spiro atoms. The summed E-state index contributed by atoms with van der Waals surface area (Å²) in [6.45, 7) is 0.359. The Hall–Kier alpha value is -2.65. The van der Waals surface area contributed by atoms with Crippen LogP contribution >= 0.6 is 0 Å². The van der Waals surface area contributed by atoms with Crippen LogP contribution in [0.25, 0.3) is 10.8 Å². The highest BCUT2D eigenvalue weighted by Crippen LogP contribution is 2.30. The monoisotopic (exact) mass is 345 g/mol. The third kappa shape index (κ3) is 3.63. The molecule has 0 saturated heterocycles. The van der Waals surface area contributed by atoms with Gasteiger partial charge in [-0.3, -0.25) is 4.79 Å². The number of carbonyl (C=O) groups excluding carboxylic acids is 1. The van der Waals surface area contributed by atoms with Crippen LogP contribution in [-0.4, -0.2) is 28.5 Å². The van der Waals surface area contributed by atoms with E-state index in [1.165, 1.54) is 0 Å². The molecule has 0 bridgehead atoms. The van der Waals surface area contributed by atoms with Gasteiger partial charge in [0.25, 0.3) is 0 Å². The zero-order valence-corrected chi connectivity index (χ0v) is 14.7. The number of hydrogen-bond acceptors (Lipinski definition) is 2. The van der Waals surface area contributed by atoms with Crippen molar-refractivity contribution in [1.82, 2.24) is 4.90 Å². The van der Waals surface area contributed by atoms with E-state index in [1.807, 2.05) is 59.5 Å². The topological polar surface area (TPSA) is 40.5 Å². The molecule has 3 heteroatoms. The highest BCUT2D eigenvalue weighted by molar-refractivity contribution is 5.90. The van der Waals surface area contributed by atoms with E-state index in [4.69, 9.17) is 0 Å². The van der Waals surface area contributed by atoms with Gasteiger partial charge in [0.05, 0.1) is 19.1 Å². The quantitative estimate of drug-likeness (QED) is 0.730. The zero-order chi connectivity index (χ0) is 17.9. The molecule has 1 amide bonds. The standard InChI is InChI=1S/C23H23NO2/c25-22(18-8-2-1-3-9-18)16-24(20-13-14-20)23(26)15-19-11-6-10-17-7-4-5-12-21(17)19/h1-12,20,22,25H,13-16H2. The van der Waals surface area contributed by atoms with Crippen molar-refractivity contribution < 1.29 is 9.90 Å². The summed E-state index contributed by atoms with van der Waals surface area (Å²) in [5.41, 5.74) is 1.91. The number of carbonyl (C=O) groups is 1. The van der Waals surface area contributed by atoms with E-state index in [9.17, 15) is 9.90 Å². The zero-order valence-electron chi connectivity index (χ0n) is 14.7. The van der Waals surface area contributed by atoms with E-state index in [0.717, 1.165) is 34.7 Å². The molecule has 26 heavy (non-hydrogen) atoms. The number of nitrogens with zero attached hydrogens (tertiary/aromatic N) is 1. The van der Waals surface area contributed by atoms with Gasteiger partial charge >= 0.3 is 0 Å². The summed E-state index contributed by atoms with van der Waals surface area (Å²) in [6.07, 6.45) is 1.79. The lowest BCUT2D eigenvalue weighted by Gasteiger charge is -2.26. The van der Waals surface area contributed by atoms with E-state index in [1.54, 1.807) is 0 Å². The Labute approximate surface area is 153 Å². The van der Waals surface area contributed by atoms with E-state index >= 15 is 0 Å². The number of amides is 1. The normalized spacial score (nSPS) is 15.0. The Morgan fingerprint density at radius 3 is 2.42 bits per heavy atom. The first kappa shape index (κ1) is 16.8. The number of rotatable bonds is 6. The third-order valence-electron chi connectivity index (χ3n) is 5.08. The summed E-state index contributed by atoms with van der Waals surface area (Å²) in [5, 5.41) is 12.8. The van der Waals surface area contributed by atoms with Crippen LogP contribution in [0.5, 0.6) is 0 Å². The van der Waals surface area contributed by atoms with Gasteiger partial charge in [0.15, 0.2) is 0 Å². The summed E-state index contributed by atoms with van der Waals surface area (Å²) in [5.74, 6) is 0.0961. The number of fused-ring (bicyclic) bond motifs is 1. The number of benzene rings is 3. The average Bonchev–Trinajstić information content (AvgIpc) is 3.52. The molecule has 4 rings (SSSR count). The van der Waals surface area contributed by atoms with Gasteiger partial charge in [-0.25, -0.2) is 0 Å². The lowest BCUT2D eigenvalue weighted by molar-refractivity contribution is -0.132. The van der Waals surface area contributed by atoms with Crippen molar-refractivity contribution in [3.63, 3.8) is 0 Å². The molecule has 1 N–H and O–H groups in total. The molecule has 1 fully saturated rings. The second-order valence-electron chi connectivity index (χ2n) is 7.02. The fourth-order valence-electron chi connectivity index (χ4n) is 3.52. The predicted molar refractivity (Wildman–Crippen MR) is 104 cm³/mol. The van der Waals surface area contributed by atoms with Crippen LogP contribution in [0, 0.1) is 0 Å². The molecular formula is C23H23NO2. The van der Waals surface area contributed by atoms with Crippen LogP contribution in [0.4, 0.5) is 0 Å². The molecule has 1 atom stereocenters. The van der Waals surface area contributed by atoms with Gasteiger partial charge in [-0.05, 0) is 34.7 Å². The van der Waals surface area contributed by atoms with Gasteiger partial charge in [-0.2, -0.15) is 0 Å². The fraction of sp³-hybridized carbons (Fsp3) is 0.261. The van der Waals surface area contributed by atoms with Crippen LogP contribution in [0.2, 0.25) is 0 Å². The van der Waals surface area contributed by atoms with Crippen molar-refractivity contribution in [1.29, 1.82) is 0 Å². The summed E-state index contributed by atoms with van der Waals surface area (Å²) >= 11 is 0. The molecule has 3 aromatic rings. The van der Waals surface area contributed by atoms with Crippen LogP contribution in [0.15, 0.2) is 72.8 Å². The van der Waals surface area contributed by atoms with Crippen LogP contribution in [-0.2, 0) is 11.2 Å². The number of hydrogen-bond donors (Lipinski definition) is 1. The molecule has 0 heterocycles. The second kappa shape index (κ2) is 7.30. The Morgan fingerprint density at radius 1 is 0.962 bits per heavy atom. The molecule has 0 aromatic heterocycles. The van der Waals surface area contributed by atoms with Crippen molar-refractivity contribution in [3.8, 4) is 0 Å². The summed E-state index contributed by atoms with van der Waals surface area (Å²) < 4.78 is 0. The van der Waals surface area contributed by atoms with Crippen molar-refractivity contribution in [3.05, 3.63) is 83.9 Å². The highest BCUT2D eigenvalue weighted by Gasteiger charge is 2.33. The molecule has 3 nitrogen and oxygen atoms in total. The minimum atomic E-state index is -0.645. The van der Waals surface area contributed by atoms with Crippen molar-refractivity contribution in [2.75, 3.05) is 6.54 Å². The van der Waals surface area contributed by atoms with E-state index in [-0.39, 0.29) is 11.9 Å². The van der Waals surface area contributed by atoms with Crippen molar-refractivity contribution >= 4 is 16.7 Å². The van der Waals surface area contributed by atoms with Crippen LogP contribution in [0.1, 0.15) is 30.1 Å². The first-order chi connectivity index (χ1) is 12.7.